The monoisotopic (exact) mass is 1350 g/mol. The Balaban J connectivity index is 0.798. The van der Waals surface area contributed by atoms with Gasteiger partial charge in [-0.2, -0.15) is 4.48 Å². The van der Waals surface area contributed by atoms with Crippen molar-refractivity contribution < 1.29 is 35.3 Å². The number of nitrogens with zero attached hydrogens (tertiary/aromatic N) is 1. The van der Waals surface area contributed by atoms with Gasteiger partial charge in [-0.05, 0) is 142 Å². The normalized spacial score (nSPS) is 12.6. The molecule has 105 heavy (non-hydrogen) atoms. The third-order valence-corrected chi connectivity index (χ3v) is 22.2. The van der Waals surface area contributed by atoms with Gasteiger partial charge in [-0.25, -0.2) is 0 Å². The summed E-state index contributed by atoms with van der Waals surface area (Å²) in [6.45, 7) is 0. The van der Waals surface area contributed by atoms with Crippen LogP contribution in [0.15, 0.2) is 351 Å². The number of hydrogen-bond acceptors (Lipinski definition) is 8. The quantitative estimate of drug-likeness (QED) is 0.139. The van der Waals surface area contributed by atoms with E-state index in [2.05, 4.69) is 315 Å². The van der Waals surface area contributed by atoms with E-state index >= 15 is 0 Å². The van der Waals surface area contributed by atoms with Crippen LogP contribution in [0.3, 0.4) is 0 Å². The summed E-state index contributed by atoms with van der Waals surface area (Å²) in [5, 5.41) is 15.7. The first kappa shape index (κ1) is 56.6. The van der Waals surface area contributed by atoms with E-state index in [0.717, 1.165) is 243 Å². The Kier molecular flexibility index (Phi) is 11.3. The van der Waals surface area contributed by atoms with Gasteiger partial charge in [0.15, 0.2) is 0 Å². The molecule has 0 bridgehead atoms. The predicted molar refractivity (Wildman–Crippen MR) is 427 cm³/mol. The molecule has 0 aliphatic rings. The van der Waals surface area contributed by atoms with E-state index in [-0.39, 0.29) is 4.48 Å². The topological polar surface area (TPSA) is 105 Å². The summed E-state index contributed by atoms with van der Waals surface area (Å²) < 4.78 is 54.6. The molecule has 16 aromatic carbocycles. The van der Waals surface area contributed by atoms with Crippen LogP contribution in [0.4, 0.5) is 22.7 Å². The van der Waals surface area contributed by atoms with Gasteiger partial charge in [0.25, 0.3) is 0 Å². The molecular weight excluding hydrogens is 1300 g/mol. The van der Waals surface area contributed by atoms with E-state index < -0.39 is 0 Å². The third-order valence-electron chi connectivity index (χ3n) is 22.2. The molecule has 8 aromatic heterocycles. The van der Waals surface area contributed by atoms with Gasteiger partial charge in [-0.3, -0.25) is 0 Å². The van der Waals surface area contributed by atoms with Crippen molar-refractivity contribution in [1.29, 1.82) is 0 Å². The molecule has 0 radical (unpaired) electrons. The zero-order chi connectivity index (χ0) is 68.3. The van der Waals surface area contributed by atoms with Crippen LogP contribution in [0.1, 0.15) is 0 Å². The average Bonchev–Trinajstić information content (AvgIpc) is 1.67. The van der Waals surface area contributed by atoms with E-state index in [1.807, 2.05) is 0 Å². The minimum atomic E-state index is 0.0553. The van der Waals surface area contributed by atoms with E-state index in [9.17, 15) is 0 Å². The highest BCUT2D eigenvalue weighted by molar-refractivity contribution is 6.22. The molecule has 0 unspecified atom stereocenters. The number of fused-ring (bicyclic) bond motifs is 24. The summed E-state index contributed by atoms with van der Waals surface area (Å²) >= 11 is 0. The molecule has 24 rings (SSSR count). The summed E-state index contributed by atoms with van der Waals surface area (Å²) in [7, 11) is 0. The van der Waals surface area contributed by atoms with E-state index in [4.69, 9.17) is 35.3 Å². The van der Waals surface area contributed by atoms with Gasteiger partial charge >= 0.3 is 0 Å². The van der Waals surface area contributed by atoms with Gasteiger partial charge in [0.1, 0.15) is 112 Å². The Morgan fingerprint density at radius 1 is 0.124 bits per heavy atom. The van der Waals surface area contributed by atoms with Crippen molar-refractivity contribution in [3.8, 4) is 44.5 Å². The van der Waals surface area contributed by atoms with Crippen LogP contribution in [0.5, 0.6) is 0 Å². The zero-order valence-electron chi connectivity index (χ0n) is 55.7. The maximum atomic E-state index is 6.97. The molecule has 0 atom stereocenters. The van der Waals surface area contributed by atoms with Gasteiger partial charge in [-0.1, -0.05) is 146 Å². The first-order valence-corrected chi connectivity index (χ1v) is 35.3. The second-order valence-electron chi connectivity index (χ2n) is 27.9. The van der Waals surface area contributed by atoms with Crippen molar-refractivity contribution in [1.82, 2.24) is 4.48 Å². The predicted octanol–water partition coefficient (Wildman–Crippen LogP) is 28.9. The lowest BCUT2D eigenvalue weighted by Gasteiger charge is -2.37. The molecule has 24 aromatic rings. The third kappa shape index (κ3) is 8.26. The van der Waals surface area contributed by atoms with Crippen LogP contribution in [0.25, 0.3) is 220 Å². The molecule has 9 heteroatoms. The fourth-order valence-electron chi connectivity index (χ4n) is 17.1. The van der Waals surface area contributed by atoms with Gasteiger partial charge in [-0.15, -0.1) is 0 Å². The Morgan fingerprint density at radius 2 is 0.295 bits per heavy atom. The van der Waals surface area contributed by atoms with Crippen LogP contribution in [-0.4, -0.2) is 0 Å². The molecule has 488 valence electrons. The maximum Gasteiger partial charge on any atom is 0.149 e. The largest absolute Gasteiger partial charge is 0.456 e. The lowest BCUT2D eigenvalue weighted by atomic mass is 9.99. The van der Waals surface area contributed by atoms with Crippen molar-refractivity contribution in [3.05, 3.63) is 315 Å². The van der Waals surface area contributed by atoms with Gasteiger partial charge in [0, 0.05) is 159 Å². The first-order valence-electron chi connectivity index (χ1n) is 35.3. The van der Waals surface area contributed by atoms with Gasteiger partial charge in [0.2, 0.25) is 0 Å². The zero-order valence-corrected chi connectivity index (χ0v) is 55.7. The van der Waals surface area contributed by atoms with Crippen molar-refractivity contribution >= 4 is 198 Å². The number of furan rings is 8. The van der Waals surface area contributed by atoms with Crippen LogP contribution in [0.2, 0.25) is 0 Å². The number of benzene rings is 16. The number of quaternary nitrogens is 1. The summed E-state index contributed by atoms with van der Waals surface area (Å²) in [4.78, 5) is 0. The van der Waals surface area contributed by atoms with Crippen molar-refractivity contribution in [2.45, 2.75) is 0 Å². The summed E-state index contributed by atoms with van der Waals surface area (Å²) in [6, 6.07) is 112. The molecule has 0 fully saturated rings. The Hall–Kier alpha value is -14.1. The smallest absolute Gasteiger partial charge is 0.149 e. The highest BCUT2D eigenvalue weighted by Crippen LogP contribution is 2.57. The molecule has 9 nitrogen and oxygen atoms in total. The van der Waals surface area contributed by atoms with Crippen LogP contribution >= 0.6 is 0 Å². The molecule has 8 heterocycles. The fourth-order valence-corrected chi connectivity index (χ4v) is 17.1. The molecule has 0 spiro atoms. The minimum Gasteiger partial charge on any atom is -0.456 e. The van der Waals surface area contributed by atoms with Crippen molar-refractivity contribution in [2.75, 3.05) is 0 Å². The molecular formula is C96H52NO8+. The first-order chi connectivity index (χ1) is 51.9. The molecule has 0 saturated heterocycles. The van der Waals surface area contributed by atoms with E-state index in [1.165, 1.54) is 0 Å². The van der Waals surface area contributed by atoms with E-state index in [0.29, 0.717) is 0 Å². The second kappa shape index (κ2) is 21.0. The molecule has 0 saturated carbocycles. The SMILES string of the molecule is c1ccc(-c2ccc3oc4cc5oc6ccc([N+](c7ccc8oc9cc%10oc%11ccc(-c%12ccccc%12)cc%11c%10cc9c8c7)(c7ccc8oc9cc%10oc%11ccc(-c%12ccccc%12)cc%11c%10cc9c8c7)c7ccc8oc9cc%10oc%11ccc(-c%12ccccc%12)cc%11c%10cc9c8c7)cc6c5cc4c3c2)cc1. The van der Waals surface area contributed by atoms with Crippen molar-refractivity contribution in [3.63, 3.8) is 0 Å². The lowest BCUT2D eigenvalue weighted by molar-refractivity contribution is 0.655. The number of rotatable bonds is 8. The van der Waals surface area contributed by atoms with Gasteiger partial charge in [0.05, 0.1) is 0 Å². The lowest BCUT2D eigenvalue weighted by Crippen LogP contribution is -2.33. The molecule has 0 amide bonds. The van der Waals surface area contributed by atoms with Gasteiger partial charge < -0.3 is 35.3 Å². The van der Waals surface area contributed by atoms with E-state index in [1.54, 1.807) is 0 Å². The Morgan fingerprint density at radius 3 is 0.495 bits per heavy atom. The standard InChI is InChI=1S/C96H52NO8/c1-5-13-53(14-6-1)57-21-29-81-65(37-57)73-45-77-69-41-61(25-33-85(69)102-93(77)49-89(73)98-81)97(62-26-34-86-70(42-62)78-46-74-66-38-58(54-15-7-2-8-16-54)22-30-82(66)99-90(74)50-94(78)103-86,63-27-35-87-71(43-63)79-47-75-67-39-59(55-17-9-3-10-18-55)23-31-83(67)100-91(75)51-95(79)104-87)64-28-36-88-72(44-64)80-48-76-68-40-60(56-19-11-4-12-20-56)24-32-84(68)101-92(76)52-96(80)105-88/h1-52H/q+1. The van der Waals surface area contributed by atoms with Crippen LogP contribution in [-0.2, 0) is 0 Å². The van der Waals surface area contributed by atoms with Crippen molar-refractivity contribution in [2.24, 2.45) is 0 Å². The Bertz CT molecular complexity index is 6900. The molecule has 0 N–H and O–H groups in total. The summed E-state index contributed by atoms with van der Waals surface area (Å²) in [5.74, 6) is 0. The Labute approximate surface area is 594 Å². The fraction of sp³-hybridized carbons (Fsp3) is 0. The number of hydrogen-bond donors (Lipinski definition) is 0. The minimum absolute atomic E-state index is 0.0553. The average molecular weight is 1350 g/mol. The van der Waals surface area contributed by atoms with Crippen LogP contribution < -0.4 is 4.48 Å². The second-order valence-corrected chi connectivity index (χ2v) is 27.9. The van der Waals surface area contributed by atoms with Crippen LogP contribution in [0, 0.1) is 0 Å². The summed E-state index contributed by atoms with van der Waals surface area (Å²) in [6.07, 6.45) is 0. The maximum absolute atomic E-state index is 6.97. The summed E-state index contributed by atoms with van der Waals surface area (Å²) in [5.41, 5.74) is 24.8. The highest BCUT2D eigenvalue weighted by atomic mass is 16.4. The molecule has 0 aliphatic heterocycles. The highest BCUT2D eigenvalue weighted by Gasteiger charge is 2.42. The molecule has 0 aliphatic carbocycles.